The maximum atomic E-state index is 13.2. The minimum atomic E-state index is -3.88. The lowest BCUT2D eigenvalue weighted by Gasteiger charge is -2.29. The molecule has 1 aliphatic heterocycles. The van der Waals surface area contributed by atoms with Crippen molar-refractivity contribution in [3.63, 3.8) is 0 Å². The number of ether oxygens (including phenoxy) is 2. The normalized spacial score (nSPS) is 12.5. The number of fused-ring (bicyclic) bond motifs is 1. The predicted octanol–water partition coefficient (Wildman–Crippen LogP) is 7.30. The van der Waals surface area contributed by atoms with E-state index in [9.17, 15) is 13.2 Å². The van der Waals surface area contributed by atoms with Gasteiger partial charge in [-0.25, -0.2) is 9.37 Å². The van der Waals surface area contributed by atoms with E-state index in [1.54, 1.807) is 6.07 Å². The third-order valence-corrected chi connectivity index (χ3v) is 4.76. The van der Waals surface area contributed by atoms with E-state index in [-0.39, 0.29) is 5.75 Å². The number of alkyl halides is 3. The average molecular weight is 453 g/mol. The topological polar surface area (TPSA) is 34.6 Å². The summed E-state index contributed by atoms with van der Waals surface area (Å²) in [6.07, 6.45) is -1.75. The van der Waals surface area contributed by atoms with E-state index in [1.165, 1.54) is 19.2 Å². The molecular weight excluding hydrogens is 417 g/mol. The molecule has 1 aromatic heterocycles. The number of hydrogen-bond donors (Lipinski definition) is 0. The van der Waals surface area contributed by atoms with Crippen molar-refractivity contribution in [2.45, 2.75) is 54.6 Å². The van der Waals surface area contributed by atoms with Crippen molar-refractivity contribution in [1.82, 2.24) is 4.98 Å². The van der Waals surface area contributed by atoms with E-state index in [4.69, 9.17) is 9.72 Å². The second kappa shape index (κ2) is 12.4. The molecule has 0 saturated heterocycles. The molecule has 0 aliphatic carbocycles. The maximum absolute atomic E-state index is 13.2. The lowest BCUT2D eigenvalue weighted by molar-refractivity contribution is -0.186. The lowest BCUT2D eigenvalue weighted by atomic mass is 9.99. The number of allylic oxidation sites excluding steroid dienone is 1. The van der Waals surface area contributed by atoms with Crippen molar-refractivity contribution in [1.29, 1.82) is 0 Å². The van der Waals surface area contributed by atoms with Gasteiger partial charge in [-0.05, 0) is 50.1 Å². The van der Waals surface area contributed by atoms with Crippen LogP contribution in [0, 0.1) is 6.92 Å². The number of benzene rings is 1. The second-order valence-electron chi connectivity index (χ2n) is 6.68. The highest BCUT2D eigenvalue weighted by Crippen LogP contribution is 2.39. The maximum Gasteiger partial charge on any atom is 0.427 e. The highest BCUT2D eigenvalue weighted by molar-refractivity contribution is 5.81. The molecule has 32 heavy (non-hydrogen) atoms. The summed E-state index contributed by atoms with van der Waals surface area (Å²) >= 11 is 0. The zero-order valence-corrected chi connectivity index (χ0v) is 20.4. The largest absolute Gasteiger partial charge is 0.496 e. The zero-order chi connectivity index (χ0) is 24.5. The molecule has 0 atom stereocenters. The van der Waals surface area contributed by atoms with Crippen LogP contribution in [0.1, 0.15) is 52.8 Å². The fourth-order valence-corrected chi connectivity index (χ4v) is 3.27. The molecule has 0 saturated carbocycles. The quantitative estimate of drug-likeness (QED) is 0.460. The zero-order valence-electron chi connectivity index (χ0n) is 20.4. The smallest absolute Gasteiger partial charge is 0.427 e. The number of aryl methyl sites for hydroxylation is 1. The van der Waals surface area contributed by atoms with E-state index in [0.717, 1.165) is 35.6 Å². The SMILES string of the molecule is CC.CC.CCN1CC=C(C)c2nc(-c3ccc(OC(F)(F)CF)cc3OC)c(C)cc21. The van der Waals surface area contributed by atoms with Crippen LogP contribution < -0.4 is 14.4 Å². The molecule has 2 heterocycles. The summed E-state index contributed by atoms with van der Waals surface area (Å²) in [4.78, 5) is 7.09. The molecule has 0 fully saturated rings. The summed E-state index contributed by atoms with van der Waals surface area (Å²) in [5.74, 6) is 0.152. The molecule has 0 amide bonds. The van der Waals surface area contributed by atoms with Crippen LogP contribution in [0.2, 0.25) is 0 Å². The minimum Gasteiger partial charge on any atom is -0.496 e. The predicted molar refractivity (Wildman–Crippen MR) is 127 cm³/mol. The number of aromatic nitrogens is 1. The van der Waals surface area contributed by atoms with E-state index < -0.39 is 12.8 Å². The van der Waals surface area contributed by atoms with E-state index in [2.05, 4.69) is 28.7 Å². The summed E-state index contributed by atoms with van der Waals surface area (Å²) in [5.41, 5.74) is 5.34. The molecule has 7 heteroatoms. The van der Waals surface area contributed by atoms with Gasteiger partial charge in [-0.2, -0.15) is 8.78 Å². The Morgan fingerprint density at radius 1 is 1.06 bits per heavy atom. The third-order valence-electron chi connectivity index (χ3n) is 4.76. The lowest BCUT2D eigenvalue weighted by Crippen LogP contribution is -2.27. The van der Waals surface area contributed by atoms with Gasteiger partial charge in [0, 0.05) is 24.7 Å². The van der Waals surface area contributed by atoms with Crippen molar-refractivity contribution in [2.24, 2.45) is 0 Å². The summed E-state index contributed by atoms with van der Waals surface area (Å²) in [6, 6.07) is 6.37. The van der Waals surface area contributed by atoms with Crippen molar-refractivity contribution >= 4 is 11.3 Å². The number of likely N-dealkylation sites (N-methyl/N-ethyl adjacent to an activating group) is 1. The Hall–Kier alpha value is -2.70. The van der Waals surface area contributed by atoms with Crippen LogP contribution in [0.5, 0.6) is 11.5 Å². The van der Waals surface area contributed by atoms with E-state index in [1.807, 2.05) is 41.5 Å². The first-order valence-electron chi connectivity index (χ1n) is 11.0. The number of nitrogens with zero attached hydrogens (tertiary/aromatic N) is 2. The van der Waals surface area contributed by atoms with Gasteiger partial charge < -0.3 is 14.4 Å². The van der Waals surface area contributed by atoms with E-state index in [0.29, 0.717) is 17.0 Å². The Balaban J connectivity index is 0.00000121. The molecule has 0 bridgehead atoms. The summed E-state index contributed by atoms with van der Waals surface area (Å²) < 4.78 is 48.6. The molecule has 0 unspecified atom stereocenters. The Morgan fingerprint density at radius 2 is 1.72 bits per heavy atom. The number of pyridine rings is 1. The first-order chi connectivity index (χ1) is 15.3. The third kappa shape index (κ3) is 6.17. The van der Waals surface area contributed by atoms with Gasteiger partial charge in [-0.3, -0.25) is 0 Å². The van der Waals surface area contributed by atoms with Crippen molar-refractivity contribution in [3.8, 4) is 22.8 Å². The number of halogens is 3. The van der Waals surface area contributed by atoms with Gasteiger partial charge in [0.15, 0.2) is 6.67 Å². The number of hydrogen-bond acceptors (Lipinski definition) is 4. The molecule has 0 radical (unpaired) electrons. The van der Waals surface area contributed by atoms with Gasteiger partial charge >= 0.3 is 6.11 Å². The number of methoxy groups -OCH3 is 1. The Labute approximate surface area is 190 Å². The van der Waals surface area contributed by atoms with Crippen molar-refractivity contribution in [3.05, 3.63) is 41.6 Å². The Bertz CT molecular complexity index is 914. The molecule has 1 aromatic carbocycles. The summed E-state index contributed by atoms with van der Waals surface area (Å²) in [5, 5.41) is 0. The van der Waals surface area contributed by atoms with Crippen LogP contribution in [-0.2, 0) is 0 Å². The molecule has 1 aliphatic rings. The van der Waals surface area contributed by atoms with Crippen LogP contribution in [0.3, 0.4) is 0 Å². The number of anilines is 1. The van der Waals surface area contributed by atoms with Crippen LogP contribution in [0.25, 0.3) is 16.8 Å². The van der Waals surface area contributed by atoms with Crippen LogP contribution >= 0.6 is 0 Å². The summed E-state index contributed by atoms with van der Waals surface area (Å²) in [7, 11) is 1.44. The van der Waals surface area contributed by atoms with Crippen molar-refractivity contribution < 1.29 is 22.6 Å². The standard InChI is InChI=1S/C21H23F3N2O2.2C2H6/c1-5-26-9-8-13(2)20-17(26)10-14(3)19(25-20)16-7-6-15(11-18(16)27-4)28-21(23,24)12-22;2*1-2/h6-8,10-11H,5,9,12H2,1-4H3;2*1-2H3. The van der Waals surface area contributed by atoms with Gasteiger partial charge in [0.25, 0.3) is 0 Å². The van der Waals surface area contributed by atoms with Gasteiger partial charge in [-0.1, -0.05) is 33.8 Å². The van der Waals surface area contributed by atoms with Crippen LogP contribution in [-0.4, -0.2) is 38.0 Å². The Morgan fingerprint density at radius 3 is 2.28 bits per heavy atom. The molecule has 178 valence electrons. The number of rotatable bonds is 6. The molecule has 0 N–H and O–H groups in total. The molecule has 3 rings (SSSR count). The average Bonchev–Trinajstić information content (AvgIpc) is 2.81. The van der Waals surface area contributed by atoms with E-state index >= 15 is 0 Å². The highest BCUT2D eigenvalue weighted by Gasteiger charge is 2.32. The van der Waals surface area contributed by atoms with Crippen molar-refractivity contribution in [2.75, 3.05) is 31.8 Å². The fraction of sp³-hybridized carbons (Fsp3) is 0.480. The minimum absolute atomic E-state index is 0.174. The van der Waals surface area contributed by atoms with Crippen LogP contribution in [0.4, 0.5) is 18.9 Å². The van der Waals surface area contributed by atoms with Gasteiger partial charge in [-0.15, -0.1) is 0 Å². The van der Waals surface area contributed by atoms with Gasteiger partial charge in [0.1, 0.15) is 11.5 Å². The first-order valence-corrected chi connectivity index (χ1v) is 11.0. The van der Waals surface area contributed by atoms with Crippen LogP contribution in [0.15, 0.2) is 30.3 Å². The molecular formula is C25H35F3N2O2. The molecule has 0 spiro atoms. The highest BCUT2D eigenvalue weighted by atomic mass is 19.3. The molecule has 2 aromatic rings. The fourth-order valence-electron chi connectivity index (χ4n) is 3.27. The van der Waals surface area contributed by atoms with Gasteiger partial charge in [0.2, 0.25) is 0 Å². The summed E-state index contributed by atoms with van der Waals surface area (Å²) in [6.45, 7) is 13.9. The first kappa shape index (κ1) is 27.3. The van der Waals surface area contributed by atoms with Gasteiger partial charge in [0.05, 0.1) is 24.2 Å². The molecule has 4 nitrogen and oxygen atoms in total. The monoisotopic (exact) mass is 452 g/mol. The Kier molecular flexibility index (Phi) is 10.6. The second-order valence-corrected chi connectivity index (χ2v) is 6.68.